The Kier molecular flexibility index (Phi) is 5.97. The first-order valence-corrected chi connectivity index (χ1v) is 8.77. The van der Waals surface area contributed by atoms with E-state index in [0.717, 1.165) is 6.54 Å². The van der Waals surface area contributed by atoms with Crippen LogP contribution in [0.4, 0.5) is 0 Å². The van der Waals surface area contributed by atoms with Gasteiger partial charge in [-0.3, -0.25) is 4.79 Å². The van der Waals surface area contributed by atoms with Crippen LogP contribution in [0.3, 0.4) is 0 Å². The third-order valence-electron chi connectivity index (χ3n) is 3.24. The number of sulfone groups is 1. The van der Waals surface area contributed by atoms with E-state index in [-0.39, 0.29) is 35.3 Å². The van der Waals surface area contributed by atoms with Gasteiger partial charge in [0.15, 0.2) is 9.84 Å². The van der Waals surface area contributed by atoms with Crippen LogP contribution in [0.25, 0.3) is 0 Å². The van der Waals surface area contributed by atoms with Crippen LogP contribution in [0.1, 0.15) is 20.3 Å². The number of rotatable bonds is 6. The topological polar surface area (TPSA) is 78.5 Å². The molecule has 0 aromatic carbocycles. The van der Waals surface area contributed by atoms with Crippen LogP contribution in [0, 0.1) is 5.41 Å². The molecule has 1 atom stereocenters. The SMILES string of the molecule is CN(C)CC(C)(C)CNC(=O)CC1CS(=O)(=O)CCN1. The Bertz CT molecular complexity index is 432. The van der Waals surface area contributed by atoms with E-state index in [1.165, 1.54) is 0 Å². The molecule has 0 aliphatic carbocycles. The maximum atomic E-state index is 11.9. The van der Waals surface area contributed by atoms with Crippen molar-refractivity contribution in [2.75, 3.05) is 45.2 Å². The zero-order chi connectivity index (χ0) is 15.4. The Morgan fingerprint density at radius 1 is 1.40 bits per heavy atom. The first-order chi connectivity index (χ1) is 9.10. The minimum atomic E-state index is -2.99. The Balaban J connectivity index is 2.37. The lowest BCUT2D eigenvalue weighted by molar-refractivity contribution is -0.122. The quantitative estimate of drug-likeness (QED) is 0.689. The van der Waals surface area contributed by atoms with Crippen LogP contribution in [0.2, 0.25) is 0 Å². The first kappa shape index (κ1) is 17.4. The van der Waals surface area contributed by atoms with Crippen molar-refractivity contribution in [2.24, 2.45) is 5.41 Å². The molecule has 0 radical (unpaired) electrons. The van der Waals surface area contributed by atoms with E-state index in [9.17, 15) is 13.2 Å². The van der Waals surface area contributed by atoms with Gasteiger partial charge in [-0.05, 0) is 19.5 Å². The molecule has 1 fully saturated rings. The molecule has 0 saturated carbocycles. The summed E-state index contributed by atoms with van der Waals surface area (Å²) in [5.41, 5.74) is -0.00870. The highest BCUT2D eigenvalue weighted by Crippen LogP contribution is 2.14. The summed E-state index contributed by atoms with van der Waals surface area (Å²) < 4.78 is 23.0. The summed E-state index contributed by atoms with van der Waals surface area (Å²) in [5, 5.41) is 5.99. The molecule has 1 aliphatic heterocycles. The maximum Gasteiger partial charge on any atom is 0.221 e. The van der Waals surface area contributed by atoms with Crippen molar-refractivity contribution in [3.05, 3.63) is 0 Å². The number of hydrogen-bond acceptors (Lipinski definition) is 5. The molecule has 0 spiro atoms. The molecule has 1 saturated heterocycles. The van der Waals surface area contributed by atoms with Crippen molar-refractivity contribution in [3.8, 4) is 0 Å². The van der Waals surface area contributed by atoms with Gasteiger partial charge in [-0.1, -0.05) is 13.8 Å². The highest BCUT2D eigenvalue weighted by atomic mass is 32.2. The number of carbonyl (C=O) groups is 1. The molecule has 7 heteroatoms. The van der Waals surface area contributed by atoms with Crippen molar-refractivity contribution in [3.63, 3.8) is 0 Å². The summed E-state index contributed by atoms with van der Waals surface area (Å²) in [7, 11) is 1.01. The molecule has 2 N–H and O–H groups in total. The number of carbonyl (C=O) groups excluding carboxylic acids is 1. The summed E-state index contributed by atoms with van der Waals surface area (Å²) in [6.07, 6.45) is 0.220. The summed E-state index contributed by atoms with van der Waals surface area (Å²) in [6.45, 7) is 6.09. The summed E-state index contributed by atoms with van der Waals surface area (Å²) in [5.74, 6) is 0.133. The van der Waals surface area contributed by atoms with Crippen LogP contribution < -0.4 is 10.6 Å². The Hall–Kier alpha value is -0.660. The fourth-order valence-corrected chi connectivity index (χ4v) is 3.99. The van der Waals surface area contributed by atoms with Gasteiger partial charge in [0.05, 0.1) is 11.5 Å². The third-order valence-corrected chi connectivity index (χ3v) is 4.98. The number of hydrogen-bond donors (Lipinski definition) is 2. The monoisotopic (exact) mass is 305 g/mol. The highest BCUT2D eigenvalue weighted by Gasteiger charge is 2.26. The Morgan fingerprint density at radius 3 is 2.60 bits per heavy atom. The molecule has 1 aliphatic rings. The predicted molar refractivity (Wildman–Crippen MR) is 80.4 cm³/mol. The maximum absolute atomic E-state index is 11.9. The zero-order valence-corrected chi connectivity index (χ0v) is 13.7. The first-order valence-electron chi connectivity index (χ1n) is 6.95. The zero-order valence-electron chi connectivity index (χ0n) is 12.9. The minimum Gasteiger partial charge on any atom is -0.355 e. The third kappa shape index (κ3) is 6.67. The lowest BCUT2D eigenvalue weighted by atomic mass is 9.93. The van der Waals surface area contributed by atoms with E-state index in [1.807, 2.05) is 14.1 Å². The molecule has 0 aromatic rings. The lowest BCUT2D eigenvalue weighted by Gasteiger charge is -2.29. The summed E-state index contributed by atoms with van der Waals surface area (Å²) >= 11 is 0. The van der Waals surface area contributed by atoms with Crippen LogP contribution >= 0.6 is 0 Å². The van der Waals surface area contributed by atoms with Gasteiger partial charge in [0, 0.05) is 32.1 Å². The Labute approximate surface area is 122 Å². The molecular weight excluding hydrogens is 278 g/mol. The van der Waals surface area contributed by atoms with Crippen LogP contribution in [0.15, 0.2) is 0 Å². The van der Waals surface area contributed by atoms with E-state index in [2.05, 4.69) is 29.4 Å². The van der Waals surface area contributed by atoms with Crippen molar-refractivity contribution >= 4 is 15.7 Å². The molecule has 6 nitrogen and oxygen atoms in total. The van der Waals surface area contributed by atoms with Gasteiger partial charge in [-0.15, -0.1) is 0 Å². The Morgan fingerprint density at radius 2 is 2.05 bits per heavy atom. The fraction of sp³-hybridized carbons (Fsp3) is 0.923. The van der Waals surface area contributed by atoms with Gasteiger partial charge in [-0.2, -0.15) is 0 Å². The van der Waals surface area contributed by atoms with Crippen LogP contribution in [-0.4, -0.2) is 70.5 Å². The van der Waals surface area contributed by atoms with Crippen LogP contribution in [-0.2, 0) is 14.6 Å². The molecule has 118 valence electrons. The molecule has 1 heterocycles. The standard InChI is InChI=1S/C13H27N3O3S/c1-13(2,10-16(3)4)9-15-12(17)7-11-8-20(18,19)6-5-14-11/h11,14H,5-10H2,1-4H3,(H,15,17). The highest BCUT2D eigenvalue weighted by molar-refractivity contribution is 7.91. The molecule has 1 rings (SSSR count). The summed E-state index contributed by atoms with van der Waals surface area (Å²) in [4.78, 5) is 14.0. The average Bonchev–Trinajstić information content (AvgIpc) is 2.23. The molecule has 0 aromatic heterocycles. The fourth-order valence-electron chi connectivity index (χ4n) is 2.54. The minimum absolute atomic E-state index is 0.00870. The smallest absolute Gasteiger partial charge is 0.221 e. The number of amides is 1. The van der Waals surface area contributed by atoms with Crippen molar-refractivity contribution < 1.29 is 13.2 Å². The summed E-state index contributed by atoms with van der Waals surface area (Å²) in [6, 6.07) is -0.259. The van der Waals surface area contributed by atoms with Gasteiger partial charge < -0.3 is 15.5 Å². The van der Waals surface area contributed by atoms with Crippen molar-refractivity contribution in [1.82, 2.24) is 15.5 Å². The molecule has 20 heavy (non-hydrogen) atoms. The van der Waals surface area contributed by atoms with E-state index in [4.69, 9.17) is 0 Å². The lowest BCUT2D eigenvalue weighted by Crippen LogP contribution is -2.48. The van der Waals surface area contributed by atoms with Crippen LogP contribution in [0.5, 0.6) is 0 Å². The van der Waals surface area contributed by atoms with Gasteiger partial charge >= 0.3 is 0 Å². The van der Waals surface area contributed by atoms with E-state index >= 15 is 0 Å². The molecule has 1 amide bonds. The van der Waals surface area contributed by atoms with E-state index in [1.54, 1.807) is 0 Å². The second-order valence-electron chi connectivity index (χ2n) is 6.65. The van der Waals surface area contributed by atoms with Crippen molar-refractivity contribution in [2.45, 2.75) is 26.3 Å². The molecule has 0 bridgehead atoms. The second-order valence-corrected chi connectivity index (χ2v) is 8.88. The average molecular weight is 305 g/mol. The molecular formula is C13H27N3O3S. The van der Waals surface area contributed by atoms with E-state index in [0.29, 0.717) is 13.1 Å². The normalized spacial score (nSPS) is 22.8. The van der Waals surface area contributed by atoms with E-state index < -0.39 is 9.84 Å². The number of nitrogens with zero attached hydrogens (tertiary/aromatic N) is 1. The van der Waals surface area contributed by atoms with Gasteiger partial charge in [-0.25, -0.2) is 8.42 Å². The van der Waals surface area contributed by atoms with Gasteiger partial charge in [0.25, 0.3) is 0 Å². The number of nitrogens with one attached hydrogen (secondary N) is 2. The largest absolute Gasteiger partial charge is 0.355 e. The van der Waals surface area contributed by atoms with Crippen molar-refractivity contribution in [1.29, 1.82) is 0 Å². The van der Waals surface area contributed by atoms with Gasteiger partial charge in [0.1, 0.15) is 0 Å². The molecule has 1 unspecified atom stereocenters. The van der Waals surface area contributed by atoms with Gasteiger partial charge in [0.2, 0.25) is 5.91 Å². The second kappa shape index (κ2) is 6.87. The predicted octanol–water partition coefficient (Wildman–Crippen LogP) is -0.533.